The maximum absolute atomic E-state index is 12.9. The molecule has 20 heavy (non-hydrogen) atoms. The van der Waals surface area contributed by atoms with Gasteiger partial charge < -0.3 is 5.32 Å². The van der Waals surface area contributed by atoms with Gasteiger partial charge in [0.25, 0.3) is 0 Å². The maximum Gasteiger partial charge on any atom is 0.192 e. The van der Waals surface area contributed by atoms with E-state index in [0.29, 0.717) is 4.21 Å². The molecule has 0 bridgehead atoms. The molecule has 0 saturated heterocycles. The smallest absolute Gasteiger partial charge is 0.192 e. The predicted octanol–water partition coefficient (Wildman–Crippen LogP) is 3.47. The summed E-state index contributed by atoms with van der Waals surface area (Å²) < 4.78 is 26.3. The van der Waals surface area contributed by atoms with Gasteiger partial charge in [-0.25, -0.2) is 8.42 Å². The van der Waals surface area contributed by atoms with E-state index in [9.17, 15) is 8.42 Å². The Morgan fingerprint density at radius 1 is 1.45 bits per heavy atom. The van der Waals surface area contributed by atoms with Crippen LogP contribution in [-0.2, 0) is 9.84 Å². The topological polar surface area (TPSA) is 46.2 Å². The monoisotopic (exact) mass is 315 g/mol. The molecule has 2 atom stereocenters. The Kier molecular flexibility index (Phi) is 4.92. The van der Waals surface area contributed by atoms with Crippen LogP contribution in [0.4, 0.5) is 0 Å². The molecule has 3 nitrogen and oxygen atoms in total. The summed E-state index contributed by atoms with van der Waals surface area (Å²) in [7, 11) is -3.21. The van der Waals surface area contributed by atoms with Crippen LogP contribution in [0.1, 0.15) is 46.5 Å². The van der Waals surface area contributed by atoms with Crippen molar-refractivity contribution in [2.45, 2.75) is 62.0 Å². The van der Waals surface area contributed by atoms with Gasteiger partial charge in [0.15, 0.2) is 9.84 Å². The lowest BCUT2D eigenvalue weighted by atomic mass is 9.75. The number of hydrogen-bond acceptors (Lipinski definition) is 4. The molecule has 0 radical (unpaired) electrons. The first kappa shape index (κ1) is 16.0. The molecule has 0 spiro atoms. The lowest BCUT2D eigenvalue weighted by molar-refractivity contribution is 0.209. The summed E-state index contributed by atoms with van der Waals surface area (Å²) >= 11 is 1.33. The molecule has 2 rings (SSSR count). The minimum absolute atomic E-state index is 0.0927. The Labute approximate surface area is 126 Å². The second kappa shape index (κ2) is 6.16. The van der Waals surface area contributed by atoms with Crippen LogP contribution in [-0.4, -0.2) is 26.3 Å². The summed E-state index contributed by atoms with van der Waals surface area (Å²) in [5.74, 6) is 0. The number of nitrogens with one attached hydrogen (secondary N) is 1. The van der Waals surface area contributed by atoms with Gasteiger partial charge >= 0.3 is 0 Å². The van der Waals surface area contributed by atoms with Crippen LogP contribution in [0, 0.1) is 5.41 Å². The van der Waals surface area contributed by atoms with Crippen molar-refractivity contribution in [3.8, 4) is 0 Å². The average Bonchev–Trinajstić information content (AvgIpc) is 2.91. The van der Waals surface area contributed by atoms with Crippen molar-refractivity contribution in [2.75, 3.05) is 6.54 Å². The fraction of sp³-hybridized carbons (Fsp3) is 0.733. The summed E-state index contributed by atoms with van der Waals surface area (Å²) in [4.78, 5) is 0. The van der Waals surface area contributed by atoms with Gasteiger partial charge in [-0.1, -0.05) is 26.8 Å². The van der Waals surface area contributed by atoms with E-state index in [1.807, 2.05) is 11.4 Å². The van der Waals surface area contributed by atoms with Gasteiger partial charge in [-0.05, 0) is 49.1 Å². The lowest BCUT2D eigenvalue weighted by Gasteiger charge is -2.40. The minimum atomic E-state index is -3.21. The fourth-order valence-electron chi connectivity index (χ4n) is 2.98. The highest BCUT2D eigenvalue weighted by atomic mass is 32.2. The van der Waals surface area contributed by atoms with E-state index in [2.05, 4.69) is 26.1 Å². The molecule has 1 aliphatic carbocycles. The summed E-state index contributed by atoms with van der Waals surface area (Å²) in [5.41, 5.74) is 0.111. The SMILES string of the molecule is CCCNC1CCC(C)(C)CC1S(=O)(=O)c1cccs1. The molecular weight excluding hydrogens is 290 g/mol. The van der Waals surface area contributed by atoms with E-state index in [4.69, 9.17) is 0 Å². The van der Waals surface area contributed by atoms with E-state index in [1.165, 1.54) is 11.3 Å². The van der Waals surface area contributed by atoms with Gasteiger partial charge in [0.1, 0.15) is 4.21 Å². The molecule has 1 N–H and O–H groups in total. The van der Waals surface area contributed by atoms with Crippen molar-refractivity contribution in [1.29, 1.82) is 0 Å². The van der Waals surface area contributed by atoms with Gasteiger partial charge in [0.2, 0.25) is 0 Å². The molecule has 1 aliphatic rings. The molecular formula is C15H25NO2S2. The van der Waals surface area contributed by atoms with Crippen molar-refractivity contribution < 1.29 is 8.42 Å². The average molecular weight is 316 g/mol. The summed E-state index contributed by atoms with van der Waals surface area (Å²) in [6.07, 6.45) is 3.81. The number of hydrogen-bond donors (Lipinski definition) is 1. The van der Waals surface area contributed by atoms with Crippen LogP contribution < -0.4 is 5.32 Å². The van der Waals surface area contributed by atoms with Gasteiger partial charge in [-0.3, -0.25) is 0 Å². The second-order valence-corrected chi connectivity index (χ2v) is 9.82. The van der Waals surface area contributed by atoms with Crippen LogP contribution in [0.3, 0.4) is 0 Å². The van der Waals surface area contributed by atoms with Gasteiger partial charge in [0.05, 0.1) is 5.25 Å². The third-order valence-electron chi connectivity index (χ3n) is 4.17. The maximum atomic E-state index is 12.9. The number of sulfone groups is 1. The van der Waals surface area contributed by atoms with E-state index >= 15 is 0 Å². The van der Waals surface area contributed by atoms with E-state index in [0.717, 1.165) is 32.2 Å². The molecule has 1 aromatic rings. The Bertz CT molecular complexity index is 520. The first-order valence-electron chi connectivity index (χ1n) is 7.37. The third-order valence-corrected chi connectivity index (χ3v) is 7.80. The second-order valence-electron chi connectivity index (χ2n) is 6.48. The highest BCUT2D eigenvalue weighted by molar-refractivity contribution is 7.94. The molecule has 2 unspecified atom stereocenters. The molecule has 0 amide bonds. The van der Waals surface area contributed by atoms with Crippen molar-refractivity contribution in [3.63, 3.8) is 0 Å². The van der Waals surface area contributed by atoms with Crippen LogP contribution in [0.5, 0.6) is 0 Å². The molecule has 1 saturated carbocycles. The molecule has 1 fully saturated rings. The first-order valence-corrected chi connectivity index (χ1v) is 9.80. The molecule has 114 valence electrons. The van der Waals surface area contributed by atoms with Gasteiger partial charge in [0, 0.05) is 6.04 Å². The first-order chi connectivity index (χ1) is 9.37. The van der Waals surface area contributed by atoms with Gasteiger partial charge in [-0.2, -0.15) is 0 Å². The molecule has 5 heteroatoms. The fourth-order valence-corrected chi connectivity index (χ4v) is 6.41. The number of thiophene rings is 1. The molecule has 0 aliphatic heterocycles. The standard InChI is InChI=1S/C15H25NO2S2/c1-4-9-16-12-7-8-15(2,3)11-13(12)20(17,18)14-6-5-10-19-14/h5-6,10,12-13,16H,4,7-9,11H2,1-3H3. The Balaban J connectivity index is 2.27. The third kappa shape index (κ3) is 3.43. The highest BCUT2D eigenvalue weighted by Gasteiger charge is 2.42. The summed E-state index contributed by atoms with van der Waals surface area (Å²) in [6.45, 7) is 7.37. The van der Waals surface area contributed by atoms with Gasteiger partial charge in [-0.15, -0.1) is 11.3 Å². The molecule has 1 aromatic heterocycles. The summed E-state index contributed by atoms with van der Waals surface area (Å²) in [5, 5.41) is 5.00. The quantitative estimate of drug-likeness (QED) is 0.905. The van der Waals surface area contributed by atoms with Crippen molar-refractivity contribution in [2.24, 2.45) is 5.41 Å². The number of rotatable bonds is 5. The molecule has 0 aromatic carbocycles. The van der Waals surface area contributed by atoms with Crippen LogP contribution >= 0.6 is 11.3 Å². The minimum Gasteiger partial charge on any atom is -0.313 e. The zero-order valence-corrected chi connectivity index (χ0v) is 14.2. The highest BCUT2D eigenvalue weighted by Crippen LogP contribution is 2.40. The Hall–Kier alpha value is -0.390. The Morgan fingerprint density at radius 3 is 2.80 bits per heavy atom. The largest absolute Gasteiger partial charge is 0.313 e. The van der Waals surface area contributed by atoms with Crippen molar-refractivity contribution in [3.05, 3.63) is 17.5 Å². The zero-order valence-electron chi connectivity index (χ0n) is 12.6. The van der Waals surface area contributed by atoms with E-state index in [-0.39, 0.29) is 16.7 Å². The van der Waals surface area contributed by atoms with Crippen LogP contribution in [0.2, 0.25) is 0 Å². The zero-order chi connectivity index (χ0) is 14.8. The Morgan fingerprint density at radius 2 is 2.20 bits per heavy atom. The van der Waals surface area contributed by atoms with Crippen molar-refractivity contribution in [1.82, 2.24) is 5.32 Å². The molecule has 1 heterocycles. The summed E-state index contributed by atoms with van der Waals surface area (Å²) in [6, 6.07) is 3.65. The van der Waals surface area contributed by atoms with E-state index < -0.39 is 9.84 Å². The van der Waals surface area contributed by atoms with E-state index in [1.54, 1.807) is 6.07 Å². The predicted molar refractivity (Wildman–Crippen MR) is 85.0 cm³/mol. The lowest BCUT2D eigenvalue weighted by Crippen LogP contribution is -2.50. The normalized spacial score (nSPS) is 26.6. The van der Waals surface area contributed by atoms with Crippen molar-refractivity contribution >= 4 is 21.2 Å². The van der Waals surface area contributed by atoms with Crippen LogP contribution in [0.25, 0.3) is 0 Å². The van der Waals surface area contributed by atoms with Crippen LogP contribution in [0.15, 0.2) is 21.7 Å².